The Labute approximate surface area is 169 Å². The Balaban J connectivity index is 1.38. The number of nitrogens with zero attached hydrogens (tertiary/aromatic N) is 1. The normalized spacial score (nSPS) is 34.5. The molecule has 5 aliphatic rings. The molecule has 4 aliphatic carbocycles. The predicted octanol–water partition coefficient (Wildman–Crippen LogP) is 2.08. The van der Waals surface area contributed by atoms with Gasteiger partial charge < -0.3 is 14.8 Å². The van der Waals surface area contributed by atoms with E-state index in [0.29, 0.717) is 29.0 Å². The standard InChI is InChI=1S/C22H24N2O5/c1-10(20(25)23-16-8-11(28-2)4-7-17(16)29-3)24-21(26)18-12-5-6-13(15-9-14(12)15)19(18)22(24)27/h4-8,10,12-15,18-19H,9H2,1-3H3,(H,23,25)/t10-,12-,13-,14-,15-,18-,19+/m0/s1. The van der Waals surface area contributed by atoms with E-state index in [9.17, 15) is 14.4 Å². The van der Waals surface area contributed by atoms with Crippen molar-refractivity contribution < 1.29 is 23.9 Å². The third-order valence-electron chi connectivity index (χ3n) is 7.13. The molecule has 3 amide bonds. The molecule has 1 aliphatic heterocycles. The molecule has 3 fully saturated rings. The molecule has 152 valence electrons. The van der Waals surface area contributed by atoms with Gasteiger partial charge in [-0.2, -0.15) is 0 Å². The Kier molecular flexibility index (Phi) is 3.98. The molecule has 0 spiro atoms. The fraction of sp³-hybridized carbons (Fsp3) is 0.500. The summed E-state index contributed by atoms with van der Waals surface area (Å²) in [5, 5.41) is 2.79. The second kappa shape index (κ2) is 6.34. The van der Waals surface area contributed by atoms with E-state index in [4.69, 9.17) is 9.47 Å². The van der Waals surface area contributed by atoms with Crippen molar-refractivity contribution in [1.82, 2.24) is 4.90 Å². The van der Waals surface area contributed by atoms with Gasteiger partial charge >= 0.3 is 0 Å². The number of anilines is 1. The van der Waals surface area contributed by atoms with Crippen LogP contribution < -0.4 is 14.8 Å². The minimum Gasteiger partial charge on any atom is -0.497 e. The highest BCUT2D eigenvalue weighted by Crippen LogP contribution is 2.65. The van der Waals surface area contributed by atoms with Crippen LogP contribution in [0, 0.1) is 35.5 Å². The minimum absolute atomic E-state index is 0.144. The molecule has 6 rings (SSSR count). The van der Waals surface area contributed by atoms with Gasteiger partial charge in [0.05, 0.1) is 31.7 Å². The first kappa shape index (κ1) is 18.2. The summed E-state index contributed by atoms with van der Waals surface area (Å²) in [6.07, 6.45) is 5.36. The zero-order valence-corrected chi connectivity index (χ0v) is 16.6. The number of benzene rings is 1. The molecule has 0 aromatic heterocycles. The molecular formula is C22H24N2O5. The van der Waals surface area contributed by atoms with Crippen LogP contribution in [0.1, 0.15) is 13.3 Å². The number of ether oxygens (including phenoxy) is 2. The van der Waals surface area contributed by atoms with Gasteiger partial charge in [-0.3, -0.25) is 19.3 Å². The maximum absolute atomic E-state index is 13.2. The summed E-state index contributed by atoms with van der Waals surface area (Å²) in [4.78, 5) is 40.5. The predicted molar refractivity (Wildman–Crippen MR) is 104 cm³/mol. The summed E-state index contributed by atoms with van der Waals surface area (Å²) in [5.74, 6) is 0.955. The van der Waals surface area contributed by atoms with Crippen LogP contribution in [0.2, 0.25) is 0 Å². The van der Waals surface area contributed by atoms with Gasteiger partial charge in [0.25, 0.3) is 0 Å². The van der Waals surface area contributed by atoms with Gasteiger partial charge in [-0.05, 0) is 49.1 Å². The maximum Gasteiger partial charge on any atom is 0.247 e. The van der Waals surface area contributed by atoms with Gasteiger partial charge in [0.2, 0.25) is 17.7 Å². The van der Waals surface area contributed by atoms with Gasteiger partial charge in [0, 0.05) is 6.07 Å². The average Bonchev–Trinajstić information content (AvgIpc) is 3.51. The molecule has 2 bridgehead atoms. The van der Waals surface area contributed by atoms with Crippen LogP contribution in [0.5, 0.6) is 11.5 Å². The molecule has 0 unspecified atom stereocenters. The van der Waals surface area contributed by atoms with Gasteiger partial charge in [0.15, 0.2) is 0 Å². The Bertz CT molecular complexity index is 905. The Morgan fingerprint density at radius 3 is 2.24 bits per heavy atom. The molecule has 1 N–H and O–H groups in total. The van der Waals surface area contributed by atoms with Crippen LogP contribution in [0.4, 0.5) is 5.69 Å². The third-order valence-corrected chi connectivity index (χ3v) is 7.13. The lowest BCUT2D eigenvalue weighted by Crippen LogP contribution is -2.46. The molecule has 29 heavy (non-hydrogen) atoms. The summed E-state index contributed by atoms with van der Waals surface area (Å²) in [7, 11) is 3.04. The first-order chi connectivity index (χ1) is 14.0. The highest BCUT2D eigenvalue weighted by molar-refractivity contribution is 6.10. The molecule has 1 aromatic rings. The van der Waals surface area contributed by atoms with Gasteiger partial charge in [-0.1, -0.05) is 12.2 Å². The first-order valence-electron chi connectivity index (χ1n) is 10.0. The SMILES string of the molecule is COc1ccc(OC)c(NC(=O)[C@H](C)N2C(=O)[C@@H]3[C@H]4C=C[C@@H]([C@@H]5C[C@@H]45)[C@@H]3C2=O)c1. The third kappa shape index (κ3) is 2.52. The van der Waals surface area contributed by atoms with Crippen molar-refractivity contribution in [2.45, 2.75) is 19.4 Å². The van der Waals surface area contributed by atoms with Crippen LogP contribution in [0.3, 0.4) is 0 Å². The van der Waals surface area contributed by atoms with Gasteiger partial charge in [0.1, 0.15) is 17.5 Å². The van der Waals surface area contributed by atoms with Gasteiger partial charge in [-0.15, -0.1) is 0 Å². The van der Waals surface area contributed by atoms with Crippen LogP contribution in [-0.4, -0.2) is 42.9 Å². The van der Waals surface area contributed by atoms with E-state index < -0.39 is 11.9 Å². The molecule has 0 radical (unpaired) electrons. The summed E-state index contributed by atoms with van der Waals surface area (Å²) in [5.41, 5.74) is 0.434. The van der Waals surface area contributed by atoms with E-state index >= 15 is 0 Å². The van der Waals surface area contributed by atoms with Crippen LogP contribution in [0.25, 0.3) is 0 Å². The van der Waals surface area contributed by atoms with Crippen LogP contribution >= 0.6 is 0 Å². The average molecular weight is 396 g/mol. The van der Waals surface area contributed by atoms with E-state index in [0.717, 1.165) is 6.42 Å². The number of imide groups is 1. The van der Waals surface area contributed by atoms with Crippen LogP contribution in [0.15, 0.2) is 30.4 Å². The fourth-order valence-electron chi connectivity index (χ4n) is 5.63. The van der Waals surface area contributed by atoms with Crippen molar-refractivity contribution >= 4 is 23.4 Å². The summed E-state index contributed by atoms with van der Waals surface area (Å²) in [6, 6.07) is 4.17. The lowest BCUT2D eigenvalue weighted by atomic mass is 9.63. The molecule has 1 heterocycles. The number of hydrogen-bond acceptors (Lipinski definition) is 5. The molecule has 1 saturated heterocycles. The second-order valence-electron chi connectivity index (χ2n) is 8.43. The monoisotopic (exact) mass is 396 g/mol. The van der Waals surface area contributed by atoms with E-state index in [2.05, 4.69) is 17.5 Å². The Morgan fingerprint density at radius 2 is 1.69 bits per heavy atom. The zero-order chi connectivity index (χ0) is 20.4. The zero-order valence-electron chi connectivity index (χ0n) is 16.6. The lowest BCUT2D eigenvalue weighted by Gasteiger charge is -2.37. The molecule has 7 atom stereocenters. The summed E-state index contributed by atoms with van der Waals surface area (Å²) in [6.45, 7) is 1.60. The smallest absolute Gasteiger partial charge is 0.247 e. The number of methoxy groups -OCH3 is 2. The molecule has 7 nitrogen and oxygen atoms in total. The van der Waals surface area contributed by atoms with Crippen LogP contribution in [-0.2, 0) is 14.4 Å². The topological polar surface area (TPSA) is 84.9 Å². The lowest BCUT2D eigenvalue weighted by molar-refractivity contribution is -0.146. The number of rotatable bonds is 5. The highest BCUT2D eigenvalue weighted by Gasteiger charge is 2.67. The highest BCUT2D eigenvalue weighted by atomic mass is 16.5. The van der Waals surface area contributed by atoms with E-state index in [1.807, 2.05) is 0 Å². The number of carbonyl (C=O) groups is 3. The van der Waals surface area contributed by atoms with E-state index in [1.54, 1.807) is 25.1 Å². The van der Waals surface area contributed by atoms with Crippen molar-refractivity contribution in [3.8, 4) is 11.5 Å². The number of carbonyl (C=O) groups excluding carboxylic acids is 3. The van der Waals surface area contributed by atoms with Crippen molar-refractivity contribution in [3.63, 3.8) is 0 Å². The van der Waals surface area contributed by atoms with Crippen molar-refractivity contribution in [1.29, 1.82) is 0 Å². The summed E-state index contributed by atoms with van der Waals surface area (Å²) < 4.78 is 10.5. The number of nitrogens with one attached hydrogen (secondary N) is 1. The van der Waals surface area contributed by atoms with Crippen molar-refractivity contribution in [2.24, 2.45) is 35.5 Å². The van der Waals surface area contributed by atoms with Gasteiger partial charge in [-0.25, -0.2) is 0 Å². The van der Waals surface area contributed by atoms with Crippen molar-refractivity contribution in [3.05, 3.63) is 30.4 Å². The molecular weight excluding hydrogens is 372 g/mol. The van der Waals surface area contributed by atoms with Crippen molar-refractivity contribution in [2.75, 3.05) is 19.5 Å². The quantitative estimate of drug-likeness (QED) is 0.609. The number of allylic oxidation sites excluding steroid dienone is 2. The largest absolute Gasteiger partial charge is 0.497 e. The number of likely N-dealkylation sites (tertiary alicyclic amines) is 1. The number of amides is 3. The molecule has 2 saturated carbocycles. The maximum atomic E-state index is 13.2. The molecule has 1 aromatic carbocycles. The second-order valence-corrected chi connectivity index (χ2v) is 8.43. The summed E-state index contributed by atoms with van der Waals surface area (Å²) >= 11 is 0. The van der Waals surface area contributed by atoms with E-state index in [1.165, 1.54) is 19.1 Å². The molecule has 7 heteroatoms. The Morgan fingerprint density at radius 1 is 1.07 bits per heavy atom. The number of hydrogen-bond donors (Lipinski definition) is 1. The van der Waals surface area contributed by atoms with E-state index in [-0.39, 0.29) is 35.5 Å². The first-order valence-corrected chi connectivity index (χ1v) is 10.0. The fourth-order valence-corrected chi connectivity index (χ4v) is 5.63. The Hall–Kier alpha value is -2.83. The minimum atomic E-state index is -0.896.